The highest BCUT2D eigenvalue weighted by atomic mass is 16.6. The molecule has 8 nitrogen and oxygen atoms in total. The van der Waals surface area contributed by atoms with Crippen molar-refractivity contribution >= 4 is 11.5 Å². The zero-order valence-electron chi connectivity index (χ0n) is 11.0. The molecule has 2 heterocycles. The van der Waals surface area contributed by atoms with Gasteiger partial charge < -0.3 is 4.52 Å². The Bertz CT molecular complexity index is 845. The van der Waals surface area contributed by atoms with E-state index in [1.54, 1.807) is 24.4 Å². The Morgan fingerprint density at radius 3 is 2.77 bits per heavy atom. The van der Waals surface area contributed by atoms with Gasteiger partial charge in [0.1, 0.15) is 5.69 Å². The standard InChI is InChI=1S/C14H8N4O4/c19-12(9-4-3-5-10(8-9)18(20)21)14-16-13(17-22-14)11-6-1-2-7-15-11/h1-8H. The van der Waals surface area contributed by atoms with Crippen molar-refractivity contribution < 1.29 is 14.2 Å². The first-order chi connectivity index (χ1) is 10.6. The third-order valence-electron chi connectivity index (χ3n) is 2.83. The van der Waals surface area contributed by atoms with Crippen LogP contribution >= 0.6 is 0 Å². The number of nitro groups is 1. The molecule has 0 N–H and O–H groups in total. The number of nitrogens with zero attached hydrogens (tertiary/aromatic N) is 4. The molecule has 1 aromatic carbocycles. The van der Waals surface area contributed by atoms with Gasteiger partial charge in [0.05, 0.1) is 4.92 Å². The quantitative estimate of drug-likeness (QED) is 0.412. The van der Waals surface area contributed by atoms with Gasteiger partial charge >= 0.3 is 0 Å². The number of rotatable bonds is 4. The van der Waals surface area contributed by atoms with Gasteiger partial charge in [-0.05, 0) is 12.1 Å². The molecule has 0 amide bonds. The molecule has 22 heavy (non-hydrogen) atoms. The molecular formula is C14H8N4O4. The maximum Gasteiger partial charge on any atom is 0.299 e. The first-order valence-corrected chi connectivity index (χ1v) is 6.19. The average Bonchev–Trinajstić information content (AvgIpc) is 3.05. The van der Waals surface area contributed by atoms with E-state index < -0.39 is 10.7 Å². The van der Waals surface area contributed by atoms with Crippen molar-refractivity contribution in [3.63, 3.8) is 0 Å². The minimum absolute atomic E-state index is 0.102. The lowest BCUT2D eigenvalue weighted by Gasteiger charge is -1.96. The number of hydrogen-bond acceptors (Lipinski definition) is 7. The van der Waals surface area contributed by atoms with E-state index in [2.05, 4.69) is 15.1 Å². The molecule has 0 radical (unpaired) electrons. The average molecular weight is 296 g/mol. The second-order valence-corrected chi connectivity index (χ2v) is 4.27. The van der Waals surface area contributed by atoms with E-state index in [1.807, 2.05) is 0 Å². The highest BCUT2D eigenvalue weighted by Gasteiger charge is 2.20. The maximum atomic E-state index is 12.2. The van der Waals surface area contributed by atoms with Crippen molar-refractivity contribution in [1.82, 2.24) is 15.1 Å². The van der Waals surface area contributed by atoms with Crippen molar-refractivity contribution in [3.05, 3.63) is 70.2 Å². The van der Waals surface area contributed by atoms with Crippen molar-refractivity contribution in [2.45, 2.75) is 0 Å². The van der Waals surface area contributed by atoms with E-state index in [1.165, 1.54) is 18.2 Å². The highest BCUT2D eigenvalue weighted by molar-refractivity contribution is 6.06. The molecule has 0 aliphatic heterocycles. The predicted octanol–water partition coefficient (Wildman–Crippen LogP) is 2.27. The topological polar surface area (TPSA) is 112 Å². The largest absolute Gasteiger partial charge is 0.330 e. The van der Waals surface area contributed by atoms with Gasteiger partial charge in [0.15, 0.2) is 0 Å². The van der Waals surface area contributed by atoms with E-state index >= 15 is 0 Å². The molecule has 0 spiro atoms. The van der Waals surface area contributed by atoms with Crippen LogP contribution < -0.4 is 0 Å². The Labute approximate surface area is 123 Å². The lowest BCUT2D eigenvalue weighted by atomic mass is 10.1. The Kier molecular flexibility index (Phi) is 3.40. The van der Waals surface area contributed by atoms with Crippen LogP contribution in [0.1, 0.15) is 16.2 Å². The Hall–Kier alpha value is -3.42. The van der Waals surface area contributed by atoms with E-state index in [9.17, 15) is 14.9 Å². The zero-order valence-corrected chi connectivity index (χ0v) is 11.0. The van der Waals surface area contributed by atoms with Gasteiger partial charge in [0.25, 0.3) is 17.4 Å². The van der Waals surface area contributed by atoms with Gasteiger partial charge in [-0.3, -0.25) is 19.9 Å². The van der Waals surface area contributed by atoms with Crippen molar-refractivity contribution in [3.8, 4) is 11.5 Å². The number of nitro benzene ring substituents is 1. The number of pyridine rings is 1. The summed E-state index contributed by atoms with van der Waals surface area (Å²) < 4.78 is 4.92. The summed E-state index contributed by atoms with van der Waals surface area (Å²) in [5.74, 6) is -0.658. The van der Waals surface area contributed by atoms with Crippen molar-refractivity contribution in [2.24, 2.45) is 0 Å². The van der Waals surface area contributed by atoms with Crippen molar-refractivity contribution in [1.29, 1.82) is 0 Å². The van der Waals surface area contributed by atoms with E-state index in [4.69, 9.17) is 4.52 Å². The van der Waals surface area contributed by atoms with Crippen LogP contribution in [0, 0.1) is 10.1 Å². The van der Waals surface area contributed by atoms with Crippen LogP contribution in [0.25, 0.3) is 11.5 Å². The Balaban J connectivity index is 1.92. The monoisotopic (exact) mass is 296 g/mol. The number of non-ortho nitro benzene ring substituents is 1. The zero-order chi connectivity index (χ0) is 15.5. The Morgan fingerprint density at radius 2 is 2.05 bits per heavy atom. The molecule has 3 rings (SSSR count). The van der Waals surface area contributed by atoms with Gasteiger partial charge in [-0.25, -0.2) is 0 Å². The van der Waals surface area contributed by atoms with Gasteiger partial charge in [0, 0.05) is 23.9 Å². The van der Waals surface area contributed by atoms with Crippen LogP contribution in [0.5, 0.6) is 0 Å². The number of ketones is 1. The highest BCUT2D eigenvalue weighted by Crippen LogP contribution is 2.18. The second-order valence-electron chi connectivity index (χ2n) is 4.27. The number of carbonyl (C=O) groups is 1. The number of carbonyl (C=O) groups excluding carboxylic acids is 1. The predicted molar refractivity (Wildman–Crippen MR) is 74.1 cm³/mol. The molecule has 0 saturated carbocycles. The molecular weight excluding hydrogens is 288 g/mol. The van der Waals surface area contributed by atoms with Gasteiger partial charge in [-0.1, -0.05) is 23.4 Å². The van der Waals surface area contributed by atoms with Gasteiger partial charge in [-0.2, -0.15) is 4.98 Å². The van der Waals surface area contributed by atoms with Gasteiger partial charge in [-0.15, -0.1) is 0 Å². The lowest BCUT2D eigenvalue weighted by molar-refractivity contribution is -0.384. The summed E-state index contributed by atoms with van der Waals surface area (Å²) in [5.41, 5.74) is 0.380. The number of aromatic nitrogens is 3. The summed E-state index contributed by atoms with van der Waals surface area (Å²) >= 11 is 0. The smallest absolute Gasteiger partial charge is 0.299 e. The van der Waals surface area contributed by atoms with E-state index in [-0.39, 0.29) is 23.0 Å². The lowest BCUT2D eigenvalue weighted by Crippen LogP contribution is -2.02. The molecule has 3 aromatic rings. The Morgan fingerprint density at radius 1 is 1.18 bits per heavy atom. The molecule has 8 heteroatoms. The molecule has 0 aliphatic rings. The van der Waals surface area contributed by atoms with Crippen LogP contribution in [0.15, 0.2) is 53.2 Å². The molecule has 0 fully saturated rings. The molecule has 2 aromatic heterocycles. The fraction of sp³-hybridized carbons (Fsp3) is 0. The third kappa shape index (κ3) is 2.57. The van der Waals surface area contributed by atoms with Crippen LogP contribution in [0.4, 0.5) is 5.69 Å². The third-order valence-corrected chi connectivity index (χ3v) is 2.83. The SMILES string of the molecule is O=C(c1cccc([N+](=O)[O-])c1)c1nc(-c2ccccn2)no1. The minimum Gasteiger partial charge on any atom is -0.330 e. The molecule has 0 bridgehead atoms. The van der Waals surface area contributed by atoms with Crippen LogP contribution in [0.3, 0.4) is 0 Å². The van der Waals surface area contributed by atoms with E-state index in [0.717, 1.165) is 6.07 Å². The van der Waals surface area contributed by atoms with Crippen LogP contribution in [0.2, 0.25) is 0 Å². The summed E-state index contributed by atoms with van der Waals surface area (Å²) in [6, 6.07) is 10.5. The first-order valence-electron chi connectivity index (χ1n) is 6.19. The normalized spacial score (nSPS) is 10.4. The number of hydrogen-bond donors (Lipinski definition) is 0. The maximum absolute atomic E-state index is 12.2. The molecule has 0 unspecified atom stereocenters. The molecule has 108 valence electrons. The first kappa shape index (κ1) is 13.6. The fourth-order valence-electron chi connectivity index (χ4n) is 1.80. The fourth-order valence-corrected chi connectivity index (χ4v) is 1.80. The minimum atomic E-state index is -0.585. The second kappa shape index (κ2) is 5.52. The molecule has 0 atom stereocenters. The van der Waals surface area contributed by atoms with Crippen LogP contribution in [-0.4, -0.2) is 25.8 Å². The summed E-state index contributed by atoms with van der Waals surface area (Å²) in [6.45, 7) is 0. The summed E-state index contributed by atoms with van der Waals surface area (Å²) in [4.78, 5) is 30.4. The molecule has 0 aliphatic carbocycles. The van der Waals surface area contributed by atoms with Crippen LogP contribution in [-0.2, 0) is 0 Å². The van der Waals surface area contributed by atoms with Crippen molar-refractivity contribution in [2.75, 3.05) is 0 Å². The summed E-state index contributed by atoms with van der Waals surface area (Å²) in [6.07, 6.45) is 1.56. The summed E-state index contributed by atoms with van der Waals surface area (Å²) in [5, 5.41) is 14.4. The number of benzene rings is 1. The molecule has 0 saturated heterocycles. The van der Waals surface area contributed by atoms with E-state index in [0.29, 0.717) is 5.69 Å². The summed E-state index contributed by atoms with van der Waals surface area (Å²) in [7, 11) is 0. The van der Waals surface area contributed by atoms with Gasteiger partial charge in [0.2, 0.25) is 5.82 Å².